The van der Waals surface area contributed by atoms with Gasteiger partial charge in [-0.05, 0) is 50.0 Å². The molecule has 1 atom stereocenters. The van der Waals surface area contributed by atoms with Gasteiger partial charge in [0.05, 0.1) is 21.9 Å². The molecule has 1 unspecified atom stereocenters. The van der Waals surface area contributed by atoms with Crippen molar-refractivity contribution in [3.05, 3.63) is 57.0 Å². The molecule has 8 heteroatoms. The SMILES string of the molecule is CC/C=C(\NCc1ccc(Cl)c(Cl)c1)NC(=O)/C(NC)=C(\C)C(=N)C1CCCO1. The quantitative estimate of drug-likeness (QED) is 0.344. The van der Waals surface area contributed by atoms with E-state index in [2.05, 4.69) is 16.0 Å². The van der Waals surface area contributed by atoms with Gasteiger partial charge in [-0.2, -0.15) is 0 Å². The molecule has 0 radical (unpaired) electrons. The van der Waals surface area contributed by atoms with E-state index in [1.807, 2.05) is 19.1 Å². The molecular weight excluding hydrogens is 411 g/mol. The summed E-state index contributed by atoms with van der Waals surface area (Å²) >= 11 is 12.0. The Morgan fingerprint density at radius 3 is 2.69 bits per heavy atom. The largest absolute Gasteiger partial charge is 0.383 e. The van der Waals surface area contributed by atoms with Crippen LogP contribution in [0.25, 0.3) is 0 Å². The maximum atomic E-state index is 12.8. The Balaban J connectivity index is 2.08. The van der Waals surface area contributed by atoms with E-state index in [-0.39, 0.29) is 12.0 Å². The van der Waals surface area contributed by atoms with E-state index in [9.17, 15) is 4.79 Å². The molecule has 2 rings (SSSR count). The van der Waals surface area contributed by atoms with E-state index < -0.39 is 0 Å². The van der Waals surface area contributed by atoms with Crippen LogP contribution in [-0.4, -0.2) is 31.4 Å². The lowest BCUT2D eigenvalue weighted by Gasteiger charge is -2.18. The summed E-state index contributed by atoms with van der Waals surface area (Å²) in [5.74, 6) is 0.279. The standard InChI is InChI=1S/C21H28Cl2N4O2/c1-4-6-18(26-12-14-8-9-15(22)16(23)11-14)27-21(28)20(25-3)13(2)19(24)17-7-5-10-29-17/h6,8-9,11,17,24-26H,4-5,7,10,12H2,1-3H3,(H,27,28)/b18-6+,20-13-,24-19?. The molecule has 4 N–H and O–H groups in total. The van der Waals surface area contributed by atoms with Crippen molar-refractivity contribution in [3.8, 4) is 0 Å². The molecule has 0 bridgehead atoms. The Kier molecular flexibility index (Phi) is 9.01. The van der Waals surface area contributed by atoms with Gasteiger partial charge >= 0.3 is 0 Å². The first-order valence-electron chi connectivity index (χ1n) is 9.65. The van der Waals surface area contributed by atoms with Crippen LogP contribution in [0.1, 0.15) is 38.7 Å². The van der Waals surface area contributed by atoms with E-state index in [1.165, 1.54) is 0 Å². The van der Waals surface area contributed by atoms with Crippen molar-refractivity contribution >= 4 is 34.8 Å². The highest BCUT2D eigenvalue weighted by Gasteiger charge is 2.25. The molecular formula is C21H28Cl2N4O2. The summed E-state index contributed by atoms with van der Waals surface area (Å²) < 4.78 is 5.57. The highest BCUT2D eigenvalue weighted by molar-refractivity contribution is 6.42. The van der Waals surface area contributed by atoms with Gasteiger partial charge in [-0.25, -0.2) is 0 Å². The molecule has 29 heavy (non-hydrogen) atoms. The number of halogens is 2. The second-order valence-electron chi connectivity index (χ2n) is 6.75. The molecule has 1 heterocycles. The van der Waals surface area contributed by atoms with Crippen LogP contribution in [0.5, 0.6) is 0 Å². The van der Waals surface area contributed by atoms with Crippen LogP contribution in [0.2, 0.25) is 10.0 Å². The number of benzene rings is 1. The zero-order chi connectivity index (χ0) is 21.4. The van der Waals surface area contributed by atoms with E-state index >= 15 is 0 Å². The topological polar surface area (TPSA) is 86.2 Å². The van der Waals surface area contributed by atoms with E-state index in [4.69, 9.17) is 33.3 Å². The van der Waals surface area contributed by atoms with Crippen LogP contribution in [0.4, 0.5) is 0 Å². The number of ether oxygens (including phenoxy) is 1. The first kappa shape index (κ1) is 23.3. The van der Waals surface area contributed by atoms with E-state index in [0.29, 0.717) is 46.0 Å². The number of carbonyl (C=O) groups is 1. The summed E-state index contributed by atoms with van der Waals surface area (Å²) in [6, 6.07) is 5.40. The lowest BCUT2D eigenvalue weighted by atomic mass is 10.0. The predicted molar refractivity (Wildman–Crippen MR) is 118 cm³/mol. The van der Waals surface area contributed by atoms with Crippen LogP contribution < -0.4 is 16.0 Å². The molecule has 1 aliphatic heterocycles. The molecule has 1 saturated heterocycles. The number of hydrogen-bond donors (Lipinski definition) is 4. The van der Waals surface area contributed by atoms with Gasteiger partial charge < -0.3 is 26.1 Å². The van der Waals surface area contributed by atoms with Gasteiger partial charge in [-0.3, -0.25) is 4.79 Å². The van der Waals surface area contributed by atoms with Crippen LogP contribution in [0.15, 0.2) is 41.4 Å². The van der Waals surface area contributed by atoms with Gasteiger partial charge in [0.2, 0.25) is 0 Å². The molecule has 0 aliphatic carbocycles. The van der Waals surface area contributed by atoms with Gasteiger partial charge in [0.25, 0.3) is 5.91 Å². The van der Waals surface area contributed by atoms with Crippen LogP contribution >= 0.6 is 23.2 Å². The van der Waals surface area contributed by atoms with Crippen molar-refractivity contribution < 1.29 is 9.53 Å². The van der Waals surface area contributed by atoms with Crippen molar-refractivity contribution in [2.24, 2.45) is 0 Å². The summed E-state index contributed by atoms with van der Waals surface area (Å²) in [5, 5.41) is 18.4. The molecule has 1 aromatic rings. The van der Waals surface area contributed by atoms with Gasteiger partial charge in [0.1, 0.15) is 11.5 Å². The molecule has 1 aromatic carbocycles. The summed E-state index contributed by atoms with van der Waals surface area (Å²) in [7, 11) is 1.67. The summed E-state index contributed by atoms with van der Waals surface area (Å²) in [4.78, 5) is 12.8. The minimum absolute atomic E-state index is 0.246. The summed E-state index contributed by atoms with van der Waals surface area (Å²) in [5.41, 5.74) is 2.21. The zero-order valence-electron chi connectivity index (χ0n) is 17.0. The number of allylic oxidation sites excluding steroid dienone is 1. The van der Waals surface area contributed by atoms with Crippen LogP contribution in [-0.2, 0) is 16.1 Å². The molecule has 6 nitrogen and oxygen atoms in total. The number of rotatable bonds is 9. The van der Waals surface area contributed by atoms with Crippen molar-refractivity contribution in [3.63, 3.8) is 0 Å². The number of amides is 1. The maximum absolute atomic E-state index is 12.8. The predicted octanol–water partition coefficient (Wildman–Crippen LogP) is 4.14. The molecule has 0 spiro atoms. The normalized spacial score (nSPS) is 17.6. The highest BCUT2D eigenvalue weighted by atomic mass is 35.5. The molecule has 1 fully saturated rings. The average Bonchev–Trinajstić information content (AvgIpc) is 3.23. The fourth-order valence-corrected chi connectivity index (χ4v) is 3.38. The fourth-order valence-electron chi connectivity index (χ4n) is 3.06. The Bertz CT molecular complexity index is 815. The first-order chi connectivity index (χ1) is 13.9. The van der Waals surface area contributed by atoms with Crippen LogP contribution in [0, 0.1) is 5.41 Å². The minimum atomic E-state index is -0.311. The number of likely N-dealkylation sites (N-methyl/N-ethyl adjacent to an activating group) is 1. The number of carbonyl (C=O) groups excluding carboxylic acids is 1. The lowest BCUT2D eigenvalue weighted by Crippen LogP contribution is -2.37. The van der Waals surface area contributed by atoms with Gasteiger partial charge in [0, 0.05) is 25.8 Å². The van der Waals surface area contributed by atoms with Crippen molar-refractivity contribution in [1.29, 1.82) is 5.41 Å². The monoisotopic (exact) mass is 438 g/mol. The minimum Gasteiger partial charge on any atom is -0.383 e. The summed E-state index contributed by atoms with van der Waals surface area (Å²) in [6.07, 6.45) is 4.13. The third-order valence-corrected chi connectivity index (χ3v) is 5.37. The molecule has 1 aliphatic rings. The van der Waals surface area contributed by atoms with Crippen molar-refractivity contribution in [1.82, 2.24) is 16.0 Å². The third-order valence-electron chi connectivity index (χ3n) is 4.63. The van der Waals surface area contributed by atoms with Crippen molar-refractivity contribution in [2.45, 2.75) is 45.8 Å². The lowest BCUT2D eigenvalue weighted by molar-refractivity contribution is -0.117. The van der Waals surface area contributed by atoms with Crippen molar-refractivity contribution in [2.75, 3.05) is 13.7 Å². The maximum Gasteiger partial charge on any atom is 0.273 e. The van der Waals surface area contributed by atoms with Crippen LogP contribution in [0.3, 0.4) is 0 Å². The van der Waals surface area contributed by atoms with E-state index in [1.54, 1.807) is 26.1 Å². The number of hydrogen-bond acceptors (Lipinski definition) is 5. The zero-order valence-corrected chi connectivity index (χ0v) is 18.5. The highest BCUT2D eigenvalue weighted by Crippen LogP contribution is 2.22. The Morgan fingerprint density at radius 2 is 2.10 bits per heavy atom. The molecule has 0 saturated carbocycles. The third kappa shape index (κ3) is 6.49. The molecule has 158 valence electrons. The second-order valence-corrected chi connectivity index (χ2v) is 7.56. The Labute approximate surface area is 182 Å². The molecule has 1 amide bonds. The summed E-state index contributed by atoms with van der Waals surface area (Å²) in [6.45, 7) is 4.89. The van der Waals surface area contributed by atoms with Gasteiger partial charge in [0.15, 0.2) is 0 Å². The molecule has 0 aromatic heterocycles. The smallest absolute Gasteiger partial charge is 0.273 e. The second kappa shape index (κ2) is 11.2. The first-order valence-corrected chi connectivity index (χ1v) is 10.4. The van der Waals surface area contributed by atoms with E-state index in [0.717, 1.165) is 24.8 Å². The van der Waals surface area contributed by atoms with Gasteiger partial charge in [-0.15, -0.1) is 0 Å². The average molecular weight is 439 g/mol. The Hall–Kier alpha value is -2.02. The van der Waals surface area contributed by atoms with Gasteiger partial charge in [-0.1, -0.05) is 36.2 Å². The number of nitrogens with one attached hydrogen (secondary N) is 4. The Morgan fingerprint density at radius 1 is 1.34 bits per heavy atom. The fraction of sp³-hybridized carbons (Fsp3) is 0.429.